The molecule has 0 saturated heterocycles. The number of carbonyl (C=O) groups excluding carboxylic acids is 1. The number of benzene rings is 2. The molecule has 0 unspecified atom stereocenters. The van der Waals surface area contributed by atoms with Crippen LogP contribution in [0.3, 0.4) is 0 Å². The van der Waals surface area contributed by atoms with E-state index in [1.807, 2.05) is 62.2 Å². The van der Waals surface area contributed by atoms with Crippen molar-refractivity contribution >= 4 is 39.0 Å². The summed E-state index contributed by atoms with van der Waals surface area (Å²) in [5.41, 5.74) is 4.23. The average molecular weight is 417 g/mol. The monoisotopic (exact) mass is 416 g/mol. The maximum Gasteiger partial charge on any atom is 0.226 e. The smallest absolute Gasteiger partial charge is 0.226 e. The molecule has 5 nitrogen and oxygen atoms in total. The number of rotatable bonds is 6. The molecule has 6 heteroatoms. The summed E-state index contributed by atoms with van der Waals surface area (Å²) in [6.45, 7) is 4.59. The topological polar surface area (TPSA) is 58.1 Å². The zero-order chi connectivity index (χ0) is 21.1. The number of hydrogen-bond donors (Lipinski definition) is 1. The van der Waals surface area contributed by atoms with Crippen molar-refractivity contribution in [2.75, 3.05) is 23.8 Å². The Morgan fingerprint density at radius 2 is 1.87 bits per heavy atom. The van der Waals surface area contributed by atoms with Crippen LogP contribution in [-0.2, 0) is 4.79 Å². The van der Waals surface area contributed by atoms with Crippen LogP contribution >= 0.6 is 11.3 Å². The molecule has 2 aromatic heterocycles. The highest BCUT2D eigenvalue weighted by molar-refractivity contribution is 7.21. The number of amides is 1. The van der Waals surface area contributed by atoms with E-state index in [1.165, 1.54) is 5.56 Å². The quantitative estimate of drug-likeness (QED) is 0.455. The van der Waals surface area contributed by atoms with Gasteiger partial charge in [0.25, 0.3) is 0 Å². The summed E-state index contributed by atoms with van der Waals surface area (Å²) in [5, 5.41) is 4.04. The average Bonchev–Trinajstić information content (AvgIpc) is 3.20. The summed E-state index contributed by atoms with van der Waals surface area (Å²) >= 11 is 1.65. The molecule has 0 radical (unpaired) electrons. The van der Waals surface area contributed by atoms with Crippen molar-refractivity contribution in [3.63, 3.8) is 0 Å². The molecule has 0 aliphatic rings. The van der Waals surface area contributed by atoms with Crippen LogP contribution in [0.4, 0.5) is 11.5 Å². The van der Waals surface area contributed by atoms with E-state index in [4.69, 9.17) is 0 Å². The molecule has 0 atom stereocenters. The highest BCUT2D eigenvalue weighted by Crippen LogP contribution is 2.35. The van der Waals surface area contributed by atoms with Gasteiger partial charge >= 0.3 is 0 Å². The second-order valence-electron chi connectivity index (χ2n) is 7.43. The van der Waals surface area contributed by atoms with Gasteiger partial charge < -0.3 is 10.2 Å². The summed E-state index contributed by atoms with van der Waals surface area (Å²) in [6.07, 6.45) is 1.97. The van der Waals surface area contributed by atoms with Gasteiger partial charge in [0.05, 0.1) is 5.39 Å². The first-order valence-electron chi connectivity index (χ1n) is 9.89. The molecule has 2 heterocycles. The van der Waals surface area contributed by atoms with E-state index in [0.717, 1.165) is 37.7 Å². The van der Waals surface area contributed by atoms with Crippen LogP contribution in [-0.4, -0.2) is 29.5 Å². The van der Waals surface area contributed by atoms with E-state index in [1.54, 1.807) is 17.7 Å². The van der Waals surface area contributed by atoms with Gasteiger partial charge in [-0.15, -0.1) is 11.3 Å². The molecule has 1 amide bonds. The summed E-state index contributed by atoms with van der Waals surface area (Å²) in [6, 6.07) is 18.5. The van der Waals surface area contributed by atoms with Gasteiger partial charge in [0, 0.05) is 30.6 Å². The van der Waals surface area contributed by atoms with Crippen molar-refractivity contribution in [2.24, 2.45) is 0 Å². The van der Waals surface area contributed by atoms with Crippen LogP contribution in [0, 0.1) is 13.8 Å². The fourth-order valence-electron chi connectivity index (χ4n) is 3.35. The Kier molecular flexibility index (Phi) is 5.77. The first-order chi connectivity index (χ1) is 14.5. The van der Waals surface area contributed by atoms with Crippen molar-refractivity contribution < 1.29 is 4.79 Å². The third kappa shape index (κ3) is 4.33. The standard InChI is InChI=1S/C24H24N4OS/c1-16-9-10-17(2)20(13-16)27-22(29)11-12-28(3)23-19-14-21(18-7-5-4-6-8-18)30-24(19)26-15-25-23/h4-10,13-15H,11-12H2,1-3H3,(H,27,29). The maximum absolute atomic E-state index is 12.5. The van der Waals surface area contributed by atoms with Crippen LogP contribution in [0.5, 0.6) is 0 Å². The Morgan fingerprint density at radius 1 is 1.07 bits per heavy atom. The van der Waals surface area contributed by atoms with E-state index >= 15 is 0 Å². The number of anilines is 2. The molecule has 4 rings (SSSR count). The lowest BCUT2D eigenvalue weighted by molar-refractivity contribution is -0.116. The minimum Gasteiger partial charge on any atom is -0.359 e. The van der Waals surface area contributed by atoms with Gasteiger partial charge in [0.1, 0.15) is 17.0 Å². The third-order valence-corrected chi connectivity index (χ3v) is 6.16. The van der Waals surface area contributed by atoms with Crippen molar-refractivity contribution in [3.05, 3.63) is 72.1 Å². The first-order valence-corrected chi connectivity index (χ1v) is 10.7. The Morgan fingerprint density at radius 3 is 2.67 bits per heavy atom. The largest absolute Gasteiger partial charge is 0.359 e. The maximum atomic E-state index is 12.5. The first kappa shape index (κ1) is 20.0. The molecule has 0 spiro atoms. The molecule has 0 fully saturated rings. The molecule has 30 heavy (non-hydrogen) atoms. The fourth-order valence-corrected chi connectivity index (χ4v) is 4.35. The molecule has 0 aliphatic carbocycles. The number of carbonyl (C=O) groups is 1. The Balaban J connectivity index is 1.48. The van der Waals surface area contributed by atoms with Gasteiger partial charge in [-0.1, -0.05) is 42.5 Å². The van der Waals surface area contributed by atoms with Gasteiger partial charge in [0.2, 0.25) is 5.91 Å². The molecule has 1 N–H and O–H groups in total. The number of nitrogens with zero attached hydrogens (tertiary/aromatic N) is 3. The van der Waals surface area contributed by atoms with Crippen molar-refractivity contribution in [1.82, 2.24) is 9.97 Å². The summed E-state index contributed by atoms with van der Waals surface area (Å²) in [7, 11) is 1.97. The Bertz CT molecular complexity index is 1190. The molecule has 152 valence electrons. The number of aryl methyl sites for hydroxylation is 2. The van der Waals surface area contributed by atoms with E-state index in [0.29, 0.717) is 13.0 Å². The lowest BCUT2D eigenvalue weighted by Gasteiger charge is -2.18. The number of aromatic nitrogens is 2. The van der Waals surface area contributed by atoms with Gasteiger partial charge in [0.15, 0.2) is 0 Å². The van der Waals surface area contributed by atoms with Gasteiger partial charge in [-0.25, -0.2) is 9.97 Å². The van der Waals surface area contributed by atoms with Crippen LogP contribution in [0.1, 0.15) is 17.5 Å². The van der Waals surface area contributed by atoms with Crippen molar-refractivity contribution in [3.8, 4) is 10.4 Å². The zero-order valence-electron chi connectivity index (χ0n) is 17.3. The minimum atomic E-state index is -0.00357. The highest BCUT2D eigenvalue weighted by Gasteiger charge is 2.14. The number of thiophene rings is 1. The molecule has 0 saturated carbocycles. The second-order valence-corrected chi connectivity index (χ2v) is 8.46. The predicted molar refractivity (Wildman–Crippen MR) is 125 cm³/mol. The summed E-state index contributed by atoms with van der Waals surface area (Å²) in [4.78, 5) is 25.6. The van der Waals surface area contributed by atoms with E-state index in [9.17, 15) is 4.79 Å². The SMILES string of the molecule is Cc1ccc(C)c(NC(=O)CCN(C)c2ncnc3sc(-c4ccccc4)cc23)c1. The van der Waals surface area contributed by atoms with Gasteiger partial charge in [-0.3, -0.25) is 4.79 Å². The zero-order valence-corrected chi connectivity index (χ0v) is 18.2. The van der Waals surface area contributed by atoms with E-state index in [2.05, 4.69) is 33.5 Å². The molecule has 0 aliphatic heterocycles. The van der Waals surface area contributed by atoms with Gasteiger partial charge in [-0.2, -0.15) is 0 Å². The molecule has 4 aromatic rings. The van der Waals surface area contributed by atoms with E-state index in [-0.39, 0.29) is 5.91 Å². The van der Waals surface area contributed by atoms with Crippen LogP contribution in [0.25, 0.3) is 20.7 Å². The summed E-state index contributed by atoms with van der Waals surface area (Å²) in [5.74, 6) is 0.842. The van der Waals surface area contributed by atoms with Crippen LogP contribution < -0.4 is 10.2 Å². The summed E-state index contributed by atoms with van der Waals surface area (Å²) < 4.78 is 0. The number of fused-ring (bicyclic) bond motifs is 1. The molecular weight excluding hydrogens is 392 g/mol. The molecule has 2 aromatic carbocycles. The van der Waals surface area contributed by atoms with Crippen LogP contribution in [0.2, 0.25) is 0 Å². The fraction of sp³-hybridized carbons (Fsp3) is 0.208. The molecule has 0 bridgehead atoms. The normalized spacial score (nSPS) is 10.9. The van der Waals surface area contributed by atoms with Crippen molar-refractivity contribution in [2.45, 2.75) is 20.3 Å². The lowest BCUT2D eigenvalue weighted by atomic mass is 10.1. The second kappa shape index (κ2) is 8.63. The molecular formula is C24H24N4OS. The van der Waals surface area contributed by atoms with Crippen molar-refractivity contribution in [1.29, 1.82) is 0 Å². The number of hydrogen-bond acceptors (Lipinski definition) is 5. The van der Waals surface area contributed by atoms with Gasteiger partial charge in [-0.05, 0) is 42.7 Å². The minimum absolute atomic E-state index is 0.00357. The predicted octanol–water partition coefficient (Wildman–Crippen LogP) is 5.44. The Hall–Kier alpha value is -3.25. The Labute approximate surface area is 180 Å². The highest BCUT2D eigenvalue weighted by atomic mass is 32.1. The van der Waals surface area contributed by atoms with Crippen LogP contribution in [0.15, 0.2) is 60.9 Å². The number of nitrogens with one attached hydrogen (secondary N) is 1. The third-order valence-electron chi connectivity index (χ3n) is 5.07. The lowest BCUT2D eigenvalue weighted by Crippen LogP contribution is -2.25. The van der Waals surface area contributed by atoms with E-state index < -0.39 is 0 Å².